The number of benzene rings is 1. The molecule has 114 valence electrons. The van der Waals surface area contributed by atoms with Crippen molar-refractivity contribution in [1.29, 1.82) is 0 Å². The third-order valence-electron chi connectivity index (χ3n) is 3.22. The molecule has 1 N–H and O–H groups in total. The van der Waals surface area contributed by atoms with Gasteiger partial charge < -0.3 is 5.32 Å². The molecule has 0 radical (unpaired) electrons. The first-order chi connectivity index (χ1) is 9.79. The van der Waals surface area contributed by atoms with Gasteiger partial charge >= 0.3 is 0 Å². The van der Waals surface area contributed by atoms with Gasteiger partial charge in [-0.15, -0.1) is 11.3 Å². The van der Waals surface area contributed by atoms with E-state index in [4.69, 9.17) is 0 Å². The predicted octanol–water partition coefficient (Wildman–Crippen LogP) is 4.57. The van der Waals surface area contributed by atoms with Crippen molar-refractivity contribution in [2.45, 2.75) is 45.7 Å². The summed E-state index contributed by atoms with van der Waals surface area (Å²) in [5.41, 5.74) is 0.990. The topological polar surface area (TPSA) is 24.9 Å². The summed E-state index contributed by atoms with van der Waals surface area (Å²) in [5.74, 6) is -1.05. The van der Waals surface area contributed by atoms with Gasteiger partial charge in [-0.05, 0) is 19.1 Å². The number of aromatic nitrogens is 1. The lowest BCUT2D eigenvalue weighted by Gasteiger charge is -2.15. The van der Waals surface area contributed by atoms with E-state index in [0.29, 0.717) is 6.54 Å². The van der Waals surface area contributed by atoms with Crippen LogP contribution in [0.3, 0.4) is 0 Å². The first-order valence-electron chi connectivity index (χ1n) is 6.91. The second kappa shape index (κ2) is 6.20. The van der Waals surface area contributed by atoms with E-state index in [1.807, 2.05) is 5.38 Å². The van der Waals surface area contributed by atoms with Crippen LogP contribution in [0.4, 0.5) is 8.78 Å². The second-order valence-corrected chi connectivity index (χ2v) is 6.99. The normalized spacial score (nSPS) is 13.4. The molecule has 5 heteroatoms. The molecule has 0 aliphatic carbocycles. The van der Waals surface area contributed by atoms with Crippen LogP contribution in [0, 0.1) is 11.6 Å². The summed E-state index contributed by atoms with van der Waals surface area (Å²) in [6.07, 6.45) is 0. The fourth-order valence-corrected chi connectivity index (χ4v) is 2.92. The zero-order chi connectivity index (χ0) is 15.6. The van der Waals surface area contributed by atoms with Crippen molar-refractivity contribution in [2.24, 2.45) is 0 Å². The lowest BCUT2D eigenvalue weighted by atomic mass is 9.98. The van der Waals surface area contributed by atoms with E-state index in [9.17, 15) is 8.78 Å². The van der Waals surface area contributed by atoms with E-state index >= 15 is 0 Å². The highest BCUT2D eigenvalue weighted by molar-refractivity contribution is 7.09. The Morgan fingerprint density at radius 2 is 1.86 bits per heavy atom. The SMILES string of the molecule is CC(NCc1csc(C(C)(C)C)n1)c1c(F)cccc1F. The molecular weight excluding hydrogens is 290 g/mol. The van der Waals surface area contributed by atoms with Crippen molar-refractivity contribution in [3.8, 4) is 0 Å². The number of hydrogen-bond acceptors (Lipinski definition) is 3. The Morgan fingerprint density at radius 1 is 1.24 bits per heavy atom. The van der Waals surface area contributed by atoms with Crippen LogP contribution in [-0.2, 0) is 12.0 Å². The summed E-state index contributed by atoms with van der Waals surface area (Å²) in [5, 5.41) is 6.17. The maximum absolute atomic E-state index is 13.7. The van der Waals surface area contributed by atoms with Crippen molar-refractivity contribution >= 4 is 11.3 Å². The largest absolute Gasteiger partial charge is 0.304 e. The Morgan fingerprint density at radius 3 is 2.38 bits per heavy atom. The van der Waals surface area contributed by atoms with Gasteiger partial charge in [0, 0.05) is 28.9 Å². The van der Waals surface area contributed by atoms with Crippen molar-refractivity contribution in [1.82, 2.24) is 10.3 Å². The van der Waals surface area contributed by atoms with Crippen LogP contribution in [0.5, 0.6) is 0 Å². The van der Waals surface area contributed by atoms with E-state index in [0.717, 1.165) is 10.7 Å². The molecule has 0 bridgehead atoms. The zero-order valence-corrected chi connectivity index (χ0v) is 13.5. The Kier molecular flexibility index (Phi) is 4.74. The third-order valence-corrected chi connectivity index (χ3v) is 4.53. The predicted molar refractivity (Wildman–Crippen MR) is 82.4 cm³/mol. The standard InChI is InChI=1S/C16H20F2N2S/c1-10(14-12(17)6-5-7-13(14)18)19-8-11-9-21-15(20-11)16(2,3)4/h5-7,9-10,19H,8H2,1-4H3. The van der Waals surface area contributed by atoms with Crippen molar-refractivity contribution < 1.29 is 8.78 Å². The lowest BCUT2D eigenvalue weighted by molar-refractivity contribution is 0.485. The van der Waals surface area contributed by atoms with Gasteiger partial charge in [0.05, 0.1) is 10.7 Å². The lowest BCUT2D eigenvalue weighted by Crippen LogP contribution is -2.21. The highest BCUT2D eigenvalue weighted by atomic mass is 32.1. The van der Waals surface area contributed by atoms with Crippen molar-refractivity contribution in [3.63, 3.8) is 0 Å². The molecular formula is C16H20F2N2S. The summed E-state index contributed by atoms with van der Waals surface area (Å²) in [7, 11) is 0. The van der Waals surface area contributed by atoms with E-state index in [-0.39, 0.29) is 11.0 Å². The van der Waals surface area contributed by atoms with Gasteiger partial charge in [-0.3, -0.25) is 0 Å². The van der Waals surface area contributed by atoms with Gasteiger partial charge in [-0.25, -0.2) is 13.8 Å². The monoisotopic (exact) mass is 310 g/mol. The molecule has 1 aromatic carbocycles. The molecule has 1 heterocycles. The van der Waals surface area contributed by atoms with Crippen LogP contribution in [-0.4, -0.2) is 4.98 Å². The Balaban J connectivity index is 2.05. The molecule has 1 unspecified atom stereocenters. The molecule has 0 saturated carbocycles. The third kappa shape index (κ3) is 3.86. The number of thiazole rings is 1. The van der Waals surface area contributed by atoms with Crippen LogP contribution in [0.15, 0.2) is 23.6 Å². The molecule has 2 nitrogen and oxygen atoms in total. The first kappa shape index (κ1) is 16.0. The Bertz CT molecular complexity index is 597. The average molecular weight is 310 g/mol. The molecule has 0 aliphatic rings. The quantitative estimate of drug-likeness (QED) is 0.895. The molecule has 2 aromatic rings. The second-order valence-electron chi connectivity index (χ2n) is 6.13. The smallest absolute Gasteiger partial charge is 0.130 e. The summed E-state index contributed by atoms with van der Waals surface area (Å²) in [6, 6.07) is 3.51. The van der Waals surface area contributed by atoms with Gasteiger partial charge in [0.2, 0.25) is 0 Å². The molecule has 0 spiro atoms. The van der Waals surface area contributed by atoms with Gasteiger partial charge in [-0.1, -0.05) is 26.8 Å². The van der Waals surface area contributed by atoms with Gasteiger partial charge in [0.15, 0.2) is 0 Å². The number of halogens is 2. The number of hydrogen-bond donors (Lipinski definition) is 1. The Labute approximate surface area is 128 Å². The van der Waals surface area contributed by atoms with Crippen LogP contribution in [0.2, 0.25) is 0 Å². The minimum Gasteiger partial charge on any atom is -0.304 e. The average Bonchev–Trinajstić information content (AvgIpc) is 2.84. The highest BCUT2D eigenvalue weighted by Crippen LogP contribution is 2.26. The molecule has 0 aliphatic heterocycles. The van der Waals surface area contributed by atoms with Crippen molar-refractivity contribution in [3.05, 3.63) is 51.5 Å². The molecule has 21 heavy (non-hydrogen) atoms. The van der Waals surface area contributed by atoms with Crippen LogP contribution < -0.4 is 5.32 Å². The van der Waals surface area contributed by atoms with E-state index in [1.54, 1.807) is 18.3 Å². The summed E-state index contributed by atoms with van der Waals surface area (Å²) in [4.78, 5) is 4.56. The fraction of sp³-hybridized carbons (Fsp3) is 0.438. The van der Waals surface area contributed by atoms with Crippen LogP contribution in [0.1, 0.15) is 50.0 Å². The Hall–Kier alpha value is -1.33. The maximum Gasteiger partial charge on any atom is 0.130 e. The minimum atomic E-state index is -0.524. The number of rotatable bonds is 4. The molecule has 2 rings (SSSR count). The van der Waals surface area contributed by atoms with Crippen LogP contribution >= 0.6 is 11.3 Å². The highest BCUT2D eigenvalue weighted by Gasteiger charge is 2.19. The summed E-state index contributed by atoms with van der Waals surface area (Å²) < 4.78 is 27.4. The number of nitrogens with zero attached hydrogens (tertiary/aromatic N) is 1. The zero-order valence-electron chi connectivity index (χ0n) is 12.7. The van der Waals surface area contributed by atoms with Gasteiger partial charge in [0.1, 0.15) is 11.6 Å². The van der Waals surface area contributed by atoms with Gasteiger partial charge in [-0.2, -0.15) is 0 Å². The maximum atomic E-state index is 13.7. The minimum absolute atomic E-state index is 0.0200. The fourth-order valence-electron chi connectivity index (χ4n) is 2.02. The van der Waals surface area contributed by atoms with E-state index < -0.39 is 17.7 Å². The van der Waals surface area contributed by atoms with Gasteiger partial charge in [0.25, 0.3) is 0 Å². The molecule has 0 amide bonds. The van der Waals surface area contributed by atoms with E-state index in [2.05, 4.69) is 31.1 Å². The molecule has 1 atom stereocenters. The summed E-state index contributed by atoms with van der Waals surface area (Å²) >= 11 is 1.61. The molecule has 1 aromatic heterocycles. The summed E-state index contributed by atoms with van der Waals surface area (Å²) in [6.45, 7) is 8.57. The van der Waals surface area contributed by atoms with Crippen molar-refractivity contribution in [2.75, 3.05) is 0 Å². The van der Waals surface area contributed by atoms with E-state index in [1.165, 1.54) is 18.2 Å². The first-order valence-corrected chi connectivity index (χ1v) is 7.79. The molecule has 0 fully saturated rings. The molecule has 0 saturated heterocycles. The van der Waals surface area contributed by atoms with Crippen LogP contribution in [0.25, 0.3) is 0 Å². The number of nitrogens with one attached hydrogen (secondary N) is 1.